The van der Waals surface area contributed by atoms with Gasteiger partial charge in [0.25, 0.3) is 0 Å². The van der Waals surface area contributed by atoms with E-state index in [4.69, 9.17) is 4.74 Å². The lowest BCUT2D eigenvalue weighted by molar-refractivity contribution is 0.0600. The molecule has 0 amide bonds. The first-order chi connectivity index (χ1) is 11.3. The Morgan fingerprint density at radius 3 is 2.25 bits per heavy atom. The topological polar surface area (TPSA) is 43.4 Å². The minimum atomic E-state index is -0.369. The lowest BCUT2D eigenvalue weighted by Crippen LogP contribution is -2.11. The van der Waals surface area contributed by atoms with Crippen LogP contribution in [0.4, 0.5) is 0 Å². The van der Waals surface area contributed by atoms with E-state index in [0.717, 1.165) is 5.56 Å². The first-order valence-electron chi connectivity index (χ1n) is 7.76. The zero-order valence-electron chi connectivity index (χ0n) is 14.5. The molecule has 0 fully saturated rings. The Morgan fingerprint density at radius 2 is 1.67 bits per heavy atom. The number of hydrogen-bond acceptors (Lipinski definition) is 4. The highest BCUT2D eigenvalue weighted by atomic mass is 32.2. The standard InChI is InChI=1S/C20H22O3S/c1-20(2,3)17-10-8-15(9-11-17)19(22)24-13-14-6-5-7-16(12-14)18(21)23-4/h5-12H,13H2,1-4H3. The van der Waals surface area contributed by atoms with Gasteiger partial charge in [-0.2, -0.15) is 0 Å². The highest BCUT2D eigenvalue weighted by Gasteiger charge is 2.14. The Kier molecular flexibility index (Phi) is 5.84. The number of hydrogen-bond donors (Lipinski definition) is 0. The van der Waals surface area contributed by atoms with Gasteiger partial charge in [0.05, 0.1) is 12.7 Å². The zero-order chi connectivity index (χ0) is 17.7. The number of esters is 1. The van der Waals surface area contributed by atoms with Crippen molar-refractivity contribution in [2.45, 2.75) is 31.9 Å². The van der Waals surface area contributed by atoms with Crippen molar-refractivity contribution in [3.05, 3.63) is 70.8 Å². The maximum atomic E-state index is 12.3. The smallest absolute Gasteiger partial charge is 0.337 e. The first kappa shape index (κ1) is 18.3. The highest BCUT2D eigenvalue weighted by molar-refractivity contribution is 8.13. The van der Waals surface area contributed by atoms with Gasteiger partial charge in [-0.15, -0.1) is 0 Å². The van der Waals surface area contributed by atoms with E-state index >= 15 is 0 Å². The van der Waals surface area contributed by atoms with Crippen LogP contribution in [0.5, 0.6) is 0 Å². The van der Waals surface area contributed by atoms with Gasteiger partial charge in [-0.3, -0.25) is 4.79 Å². The van der Waals surface area contributed by atoms with Crippen molar-refractivity contribution in [2.24, 2.45) is 0 Å². The van der Waals surface area contributed by atoms with Gasteiger partial charge in [-0.05, 0) is 28.7 Å². The summed E-state index contributed by atoms with van der Waals surface area (Å²) in [5, 5.41) is 0.0268. The summed E-state index contributed by atoms with van der Waals surface area (Å²) in [6.07, 6.45) is 0. The summed E-state index contributed by atoms with van der Waals surface area (Å²) < 4.78 is 4.71. The summed E-state index contributed by atoms with van der Waals surface area (Å²) in [6, 6.07) is 14.9. The molecule has 0 aliphatic carbocycles. The molecule has 0 atom stereocenters. The lowest BCUT2D eigenvalue weighted by Gasteiger charge is -2.18. The normalized spacial score (nSPS) is 11.2. The second-order valence-corrected chi connectivity index (χ2v) is 7.54. The third-order valence-electron chi connectivity index (χ3n) is 3.70. The molecule has 2 aromatic carbocycles. The molecule has 0 aliphatic rings. The number of rotatable bonds is 4. The third-order valence-corrected chi connectivity index (χ3v) is 4.68. The van der Waals surface area contributed by atoms with Gasteiger partial charge in [0.1, 0.15) is 0 Å². The van der Waals surface area contributed by atoms with Gasteiger partial charge in [-0.1, -0.05) is 68.9 Å². The SMILES string of the molecule is COC(=O)c1cccc(CSC(=O)c2ccc(C(C)(C)C)cc2)c1. The summed E-state index contributed by atoms with van der Waals surface area (Å²) in [7, 11) is 1.36. The minimum absolute atomic E-state index is 0.0268. The molecule has 24 heavy (non-hydrogen) atoms. The van der Waals surface area contributed by atoms with Crippen LogP contribution in [0.1, 0.15) is 52.6 Å². The summed E-state index contributed by atoms with van der Waals surface area (Å²) in [6.45, 7) is 6.44. The molecule has 0 aliphatic heterocycles. The van der Waals surface area contributed by atoms with Crippen LogP contribution < -0.4 is 0 Å². The Morgan fingerprint density at radius 1 is 1.00 bits per heavy atom. The Hall–Kier alpha value is -2.07. The predicted molar refractivity (Wildman–Crippen MR) is 98.5 cm³/mol. The molecule has 0 aromatic heterocycles. The summed E-state index contributed by atoms with van der Waals surface area (Å²) in [5.41, 5.74) is 3.38. The number of carbonyl (C=O) groups excluding carboxylic acids is 2. The minimum Gasteiger partial charge on any atom is -0.465 e. The Labute approximate surface area is 147 Å². The summed E-state index contributed by atoms with van der Waals surface area (Å²) in [4.78, 5) is 23.9. The van der Waals surface area contributed by atoms with Crippen molar-refractivity contribution >= 4 is 22.8 Å². The molecule has 4 heteroatoms. The van der Waals surface area contributed by atoms with Gasteiger partial charge in [0.2, 0.25) is 5.12 Å². The quantitative estimate of drug-likeness (QED) is 0.745. The van der Waals surface area contributed by atoms with E-state index in [0.29, 0.717) is 16.9 Å². The maximum absolute atomic E-state index is 12.3. The zero-order valence-corrected chi connectivity index (χ0v) is 15.3. The number of thioether (sulfide) groups is 1. The fourth-order valence-electron chi connectivity index (χ4n) is 2.24. The van der Waals surface area contributed by atoms with E-state index in [1.165, 1.54) is 24.4 Å². The number of carbonyl (C=O) groups is 2. The van der Waals surface area contributed by atoms with Gasteiger partial charge in [0, 0.05) is 11.3 Å². The molecule has 0 bridgehead atoms. The maximum Gasteiger partial charge on any atom is 0.337 e. The monoisotopic (exact) mass is 342 g/mol. The van der Waals surface area contributed by atoms with Gasteiger partial charge < -0.3 is 4.74 Å². The fraction of sp³-hybridized carbons (Fsp3) is 0.300. The molecule has 3 nitrogen and oxygen atoms in total. The fourth-order valence-corrected chi connectivity index (χ4v) is 3.02. The first-order valence-corrected chi connectivity index (χ1v) is 8.75. The molecule has 0 N–H and O–H groups in total. The van der Waals surface area contributed by atoms with E-state index in [2.05, 4.69) is 20.8 Å². The molecule has 0 saturated carbocycles. The molecule has 126 valence electrons. The van der Waals surface area contributed by atoms with Crippen molar-refractivity contribution in [2.75, 3.05) is 7.11 Å². The highest BCUT2D eigenvalue weighted by Crippen LogP contribution is 2.24. The van der Waals surface area contributed by atoms with E-state index in [1.54, 1.807) is 18.2 Å². The average Bonchev–Trinajstić information content (AvgIpc) is 2.58. The van der Waals surface area contributed by atoms with Crippen molar-refractivity contribution in [1.29, 1.82) is 0 Å². The van der Waals surface area contributed by atoms with Crippen LogP contribution in [0.2, 0.25) is 0 Å². The van der Waals surface area contributed by atoms with E-state index in [-0.39, 0.29) is 16.5 Å². The molecular weight excluding hydrogens is 320 g/mol. The van der Waals surface area contributed by atoms with Crippen LogP contribution in [0, 0.1) is 0 Å². The third kappa shape index (κ3) is 4.71. The van der Waals surface area contributed by atoms with Crippen molar-refractivity contribution in [1.82, 2.24) is 0 Å². The van der Waals surface area contributed by atoms with Crippen molar-refractivity contribution < 1.29 is 14.3 Å². The lowest BCUT2D eigenvalue weighted by atomic mass is 9.87. The molecule has 0 unspecified atom stereocenters. The second-order valence-electron chi connectivity index (χ2n) is 6.60. The number of benzene rings is 2. The van der Waals surface area contributed by atoms with E-state index < -0.39 is 0 Å². The van der Waals surface area contributed by atoms with Crippen molar-refractivity contribution in [3.63, 3.8) is 0 Å². The number of ether oxygens (including phenoxy) is 1. The Bertz CT molecular complexity index is 727. The van der Waals surface area contributed by atoms with Gasteiger partial charge in [-0.25, -0.2) is 4.79 Å². The van der Waals surface area contributed by atoms with Crippen LogP contribution in [0.15, 0.2) is 48.5 Å². The number of methoxy groups -OCH3 is 1. The van der Waals surface area contributed by atoms with Crippen molar-refractivity contribution in [3.8, 4) is 0 Å². The van der Waals surface area contributed by atoms with E-state index in [9.17, 15) is 9.59 Å². The van der Waals surface area contributed by atoms with Crippen LogP contribution >= 0.6 is 11.8 Å². The molecule has 2 rings (SSSR count). The molecule has 0 heterocycles. The molecule has 0 radical (unpaired) electrons. The van der Waals surface area contributed by atoms with Crippen LogP contribution in [-0.4, -0.2) is 18.2 Å². The molecule has 0 saturated heterocycles. The molecule has 2 aromatic rings. The predicted octanol–water partition coefficient (Wildman–Crippen LogP) is 4.84. The summed E-state index contributed by atoms with van der Waals surface area (Å²) >= 11 is 1.23. The molecule has 0 spiro atoms. The molecular formula is C20H22O3S. The average molecular weight is 342 g/mol. The van der Waals surface area contributed by atoms with Crippen LogP contribution in [-0.2, 0) is 15.9 Å². The second kappa shape index (κ2) is 7.67. The van der Waals surface area contributed by atoms with Gasteiger partial charge in [0.15, 0.2) is 0 Å². The van der Waals surface area contributed by atoms with Crippen LogP contribution in [0.3, 0.4) is 0 Å². The van der Waals surface area contributed by atoms with Gasteiger partial charge >= 0.3 is 5.97 Å². The van der Waals surface area contributed by atoms with Crippen LogP contribution in [0.25, 0.3) is 0 Å². The largest absolute Gasteiger partial charge is 0.465 e. The Balaban J connectivity index is 2.02. The van der Waals surface area contributed by atoms with E-state index in [1.807, 2.05) is 30.3 Å². The summed E-state index contributed by atoms with van der Waals surface area (Å²) in [5.74, 6) is 0.149.